The maximum absolute atomic E-state index is 5.44. The zero-order chi connectivity index (χ0) is 18.5. The molecule has 0 spiro atoms. The van der Waals surface area contributed by atoms with Crippen LogP contribution >= 0.6 is 0 Å². The average Bonchev–Trinajstić information content (AvgIpc) is 2.69. The second kappa shape index (κ2) is 8.58. The van der Waals surface area contributed by atoms with E-state index in [4.69, 9.17) is 4.74 Å². The molecule has 0 aromatic heterocycles. The van der Waals surface area contributed by atoms with Crippen molar-refractivity contribution in [3.8, 4) is 16.9 Å². The lowest BCUT2D eigenvalue weighted by Gasteiger charge is -2.28. The Bertz CT molecular complexity index is 733. The van der Waals surface area contributed by atoms with Gasteiger partial charge < -0.3 is 4.74 Å². The highest BCUT2D eigenvalue weighted by molar-refractivity contribution is 5.70. The van der Waals surface area contributed by atoms with Crippen molar-refractivity contribution < 1.29 is 4.74 Å². The van der Waals surface area contributed by atoms with Crippen LogP contribution in [0.3, 0.4) is 0 Å². The van der Waals surface area contributed by atoms with Crippen LogP contribution in [-0.4, -0.2) is 7.11 Å². The van der Waals surface area contributed by atoms with E-state index in [0.717, 1.165) is 17.6 Å². The number of hydrogen-bond donors (Lipinski definition) is 0. The summed E-state index contributed by atoms with van der Waals surface area (Å²) in [5, 5.41) is 0. The average molecular weight is 349 g/mol. The summed E-state index contributed by atoms with van der Waals surface area (Å²) < 4.78 is 5.44. The number of hydrogen-bond acceptors (Lipinski definition) is 1. The van der Waals surface area contributed by atoms with E-state index in [9.17, 15) is 0 Å². The molecule has 0 N–H and O–H groups in total. The molecular formula is C25H32O. The van der Waals surface area contributed by atoms with E-state index in [2.05, 4.69) is 62.9 Å². The number of rotatable bonds is 6. The van der Waals surface area contributed by atoms with E-state index in [1.807, 2.05) is 0 Å². The van der Waals surface area contributed by atoms with E-state index in [1.165, 1.54) is 66.3 Å². The SMILES string of the molecule is C=CCCC1CCC(c2ccc(-c3ccc(OC)c(C)c3C)cc2)CC1. The highest BCUT2D eigenvalue weighted by atomic mass is 16.5. The summed E-state index contributed by atoms with van der Waals surface area (Å²) in [6.45, 7) is 8.18. The van der Waals surface area contributed by atoms with Crippen molar-refractivity contribution in [2.24, 2.45) is 5.92 Å². The van der Waals surface area contributed by atoms with Gasteiger partial charge in [0, 0.05) is 0 Å². The van der Waals surface area contributed by atoms with Gasteiger partial charge in [-0.3, -0.25) is 0 Å². The molecule has 0 amide bonds. The maximum atomic E-state index is 5.44. The Kier molecular flexibility index (Phi) is 6.19. The molecular weight excluding hydrogens is 316 g/mol. The molecule has 1 fully saturated rings. The lowest BCUT2D eigenvalue weighted by atomic mass is 9.77. The quantitative estimate of drug-likeness (QED) is 0.501. The topological polar surface area (TPSA) is 9.23 Å². The van der Waals surface area contributed by atoms with Gasteiger partial charge in [-0.15, -0.1) is 6.58 Å². The smallest absolute Gasteiger partial charge is 0.122 e. The van der Waals surface area contributed by atoms with Gasteiger partial charge in [-0.05, 0) is 98.1 Å². The van der Waals surface area contributed by atoms with Crippen molar-refractivity contribution >= 4 is 0 Å². The van der Waals surface area contributed by atoms with Crippen LogP contribution in [0.15, 0.2) is 49.1 Å². The van der Waals surface area contributed by atoms with E-state index in [0.29, 0.717) is 0 Å². The summed E-state index contributed by atoms with van der Waals surface area (Å²) in [6.07, 6.45) is 9.97. The van der Waals surface area contributed by atoms with E-state index < -0.39 is 0 Å². The summed E-state index contributed by atoms with van der Waals surface area (Å²) in [7, 11) is 1.74. The maximum Gasteiger partial charge on any atom is 0.122 e. The summed E-state index contributed by atoms with van der Waals surface area (Å²) >= 11 is 0. The Morgan fingerprint density at radius 1 is 0.962 bits per heavy atom. The molecule has 0 atom stereocenters. The molecule has 2 aromatic rings. The number of ether oxygens (including phenoxy) is 1. The Hall–Kier alpha value is -2.02. The molecule has 1 nitrogen and oxygen atoms in total. The Morgan fingerprint density at radius 2 is 1.65 bits per heavy atom. The fraction of sp³-hybridized carbons (Fsp3) is 0.440. The third-order valence-corrected chi connectivity index (χ3v) is 6.28. The van der Waals surface area contributed by atoms with Crippen LogP contribution in [0, 0.1) is 19.8 Å². The first-order valence-corrected chi connectivity index (χ1v) is 9.99. The zero-order valence-electron chi connectivity index (χ0n) is 16.6. The minimum absolute atomic E-state index is 0.739. The van der Waals surface area contributed by atoms with Crippen LogP contribution in [0.1, 0.15) is 61.1 Å². The number of allylic oxidation sites excluding steroid dienone is 1. The first kappa shape index (κ1) is 18.8. The lowest BCUT2D eigenvalue weighted by molar-refractivity contribution is 0.312. The third-order valence-electron chi connectivity index (χ3n) is 6.28. The fourth-order valence-electron chi connectivity index (χ4n) is 4.40. The molecule has 1 heteroatoms. The molecule has 26 heavy (non-hydrogen) atoms. The minimum atomic E-state index is 0.739. The Balaban J connectivity index is 1.70. The predicted molar refractivity (Wildman–Crippen MR) is 112 cm³/mol. The summed E-state index contributed by atoms with van der Waals surface area (Å²) in [6, 6.07) is 13.6. The normalized spacial score (nSPS) is 20.0. The predicted octanol–water partition coefficient (Wildman–Crippen LogP) is 7.22. The zero-order valence-corrected chi connectivity index (χ0v) is 16.6. The summed E-state index contributed by atoms with van der Waals surface area (Å²) in [4.78, 5) is 0. The van der Waals surface area contributed by atoms with Crippen LogP contribution in [0.4, 0.5) is 0 Å². The summed E-state index contributed by atoms with van der Waals surface area (Å²) in [5.74, 6) is 2.62. The molecule has 138 valence electrons. The van der Waals surface area contributed by atoms with Crippen LogP contribution in [-0.2, 0) is 0 Å². The van der Waals surface area contributed by atoms with Gasteiger partial charge in [-0.1, -0.05) is 36.4 Å². The van der Waals surface area contributed by atoms with Gasteiger partial charge in [-0.25, -0.2) is 0 Å². The molecule has 0 unspecified atom stereocenters. The van der Waals surface area contributed by atoms with Crippen molar-refractivity contribution in [3.63, 3.8) is 0 Å². The molecule has 0 saturated heterocycles. The van der Waals surface area contributed by atoms with Crippen molar-refractivity contribution in [2.45, 2.75) is 58.3 Å². The van der Waals surface area contributed by atoms with Gasteiger partial charge in [-0.2, -0.15) is 0 Å². The van der Waals surface area contributed by atoms with Crippen molar-refractivity contribution in [2.75, 3.05) is 7.11 Å². The van der Waals surface area contributed by atoms with Crippen molar-refractivity contribution in [1.29, 1.82) is 0 Å². The monoisotopic (exact) mass is 348 g/mol. The van der Waals surface area contributed by atoms with E-state index >= 15 is 0 Å². The standard InChI is InChI=1S/C25H32O/c1-5-6-7-20-8-10-21(11-9-20)22-12-14-23(15-13-22)24-16-17-25(26-4)19(3)18(24)2/h5,12-17,20-21H,1,6-11H2,2-4H3. The second-order valence-electron chi connectivity index (χ2n) is 7.77. The van der Waals surface area contributed by atoms with Gasteiger partial charge in [0.1, 0.15) is 5.75 Å². The fourth-order valence-corrected chi connectivity index (χ4v) is 4.40. The Labute approximate surface area is 159 Å². The molecule has 0 aliphatic heterocycles. The molecule has 1 saturated carbocycles. The van der Waals surface area contributed by atoms with Gasteiger partial charge in [0.15, 0.2) is 0 Å². The number of benzene rings is 2. The van der Waals surface area contributed by atoms with E-state index in [-0.39, 0.29) is 0 Å². The first-order chi connectivity index (χ1) is 12.6. The lowest BCUT2D eigenvalue weighted by Crippen LogP contribution is -2.13. The molecule has 0 bridgehead atoms. The first-order valence-electron chi connectivity index (χ1n) is 9.99. The summed E-state index contributed by atoms with van der Waals surface area (Å²) in [5.41, 5.74) is 6.66. The van der Waals surface area contributed by atoms with E-state index in [1.54, 1.807) is 7.11 Å². The minimum Gasteiger partial charge on any atom is -0.496 e. The Morgan fingerprint density at radius 3 is 2.27 bits per heavy atom. The van der Waals surface area contributed by atoms with Crippen LogP contribution < -0.4 is 4.74 Å². The van der Waals surface area contributed by atoms with Gasteiger partial charge in [0.2, 0.25) is 0 Å². The van der Waals surface area contributed by atoms with Crippen molar-refractivity contribution in [3.05, 3.63) is 65.7 Å². The van der Waals surface area contributed by atoms with Gasteiger partial charge in [0.05, 0.1) is 7.11 Å². The molecule has 2 aromatic carbocycles. The molecule has 1 aliphatic rings. The number of methoxy groups -OCH3 is 1. The van der Waals surface area contributed by atoms with Gasteiger partial charge >= 0.3 is 0 Å². The molecule has 1 aliphatic carbocycles. The van der Waals surface area contributed by atoms with Crippen molar-refractivity contribution in [1.82, 2.24) is 0 Å². The van der Waals surface area contributed by atoms with Gasteiger partial charge in [0.25, 0.3) is 0 Å². The van der Waals surface area contributed by atoms with Crippen LogP contribution in [0.5, 0.6) is 5.75 Å². The highest BCUT2D eigenvalue weighted by Crippen LogP contribution is 2.38. The molecule has 0 radical (unpaired) electrons. The van der Waals surface area contributed by atoms with Crippen LogP contribution in [0.25, 0.3) is 11.1 Å². The molecule has 0 heterocycles. The second-order valence-corrected chi connectivity index (χ2v) is 7.77. The molecule has 3 rings (SSSR count). The third kappa shape index (κ3) is 4.03. The largest absolute Gasteiger partial charge is 0.496 e. The van der Waals surface area contributed by atoms with Crippen LogP contribution in [0.2, 0.25) is 0 Å². The highest BCUT2D eigenvalue weighted by Gasteiger charge is 2.22.